The zero-order valence-electron chi connectivity index (χ0n) is 10.1. The van der Waals surface area contributed by atoms with Gasteiger partial charge in [0, 0.05) is 6.07 Å². The molecule has 0 atom stereocenters. The second kappa shape index (κ2) is 5.44. The lowest BCUT2D eigenvalue weighted by Crippen LogP contribution is -1.94. The summed E-state index contributed by atoms with van der Waals surface area (Å²) in [7, 11) is 0. The Kier molecular flexibility index (Phi) is 3.62. The lowest BCUT2D eigenvalue weighted by Gasteiger charge is -2.07. The molecule has 0 aliphatic carbocycles. The number of halogens is 2. The van der Waals surface area contributed by atoms with Gasteiger partial charge < -0.3 is 4.74 Å². The molecule has 0 aliphatic rings. The van der Waals surface area contributed by atoms with Crippen molar-refractivity contribution in [3.8, 4) is 11.6 Å². The number of nitro groups is 1. The predicted octanol–water partition coefficient (Wildman–Crippen LogP) is 4.70. The number of aromatic nitrogens is 2. The number of non-ortho nitro benzene ring substituents is 1. The standard InChI is InChI=1S/C12H5Cl2N3O3S/c13-8-2-1-6(17(18)19)5-9(8)20-10-7-3-4-21-11(7)16-12(14)15-10/h1-5H. The van der Waals surface area contributed by atoms with Gasteiger partial charge >= 0.3 is 0 Å². The highest BCUT2D eigenvalue weighted by atomic mass is 35.5. The van der Waals surface area contributed by atoms with Crippen molar-refractivity contribution >= 4 is 50.4 Å². The van der Waals surface area contributed by atoms with Crippen molar-refractivity contribution < 1.29 is 9.66 Å². The van der Waals surface area contributed by atoms with Gasteiger partial charge in [0.05, 0.1) is 21.4 Å². The topological polar surface area (TPSA) is 78.2 Å². The van der Waals surface area contributed by atoms with Crippen molar-refractivity contribution in [1.29, 1.82) is 0 Å². The number of hydrogen-bond donors (Lipinski definition) is 0. The van der Waals surface area contributed by atoms with Crippen LogP contribution in [0, 0.1) is 10.1 Å². The Morgan fingerprint density at radius 1 is 1.24 bits per heavy atom. The van der Waals surface area contributed by atoms with E-state index in [0.29, 0.717) is 10.2 Å². The highest BCUT2D eigenvalue weighted by Crippen LogP contribution is 2.36. The van der Waals surface area contributed by atoms with E-state index in [2.05, 4.69) is 9.97 Å². The van der Waals surface area contributed by atoms with E-state index in [1.165, 1.54) is 29.5 Å². The van der Waals surface area contributed by atoms with Crippen molar-refractivity contribution in [3.63, 3.8) is 0 Å². The summed E-state index contributed by atoms with van der Waals surface area (Å²) in [6, 6.07) is 5.69. The molecular weight excluding hydrogens is 337 g/mol. The molecule has 0 bridgehead atoms. The number of rotatable bonds is 3. The Labute approximate surface area is 132 Å². The van der Waals surface area contributed by atoms with Gasteiger partial charge in [0.1, 0.15) is 4.83 Å². The van der Waals surface area contributed by atoms with Crippen LogP contribution in [0.15, 0.2) is 29.6 Å². The van der Waals surface area contributed by atoms with E-state index in [0.717, 1.165) is 0 Å². The Balaban J connectivity index is 2.08. The van der Waals surface area contributed by atoms with E-state index >= 15 is 0 Å². The first kappa shape index (κ1) is 14.0. The molecular formula is C12H5Cl2N3O3S. The Morgan fingerprint density at radius 3 is 2.81 bits per heavy atom. The SMILES string of the molecule is O=[N+]([O-])c1ccc(Cl)c(Oc2nc(Cl)nc3sccc23)c1. The molecule has 9 heteroatoms. The molecule has 0 saturated heterocycles. The van der Waals surface area contributed by atoms with Crippen molar-refractivity contribution in [2.45, 2.75) is 0 Å². The first-order valence-corrected chi connectivity index (χ1v) is 7.20. The fraction of sp³-hybridized carbons (Fsp3) is 0. The van der Waals surface area contributed by atoms with Crippen LogP contribution in [0.4, 0.5) is 5.69 Å². The summed E-state index contributed by atoms with van der Waals surface area (Å²) in [5, 5.41) is 13.5. The van der Waals surface area contributed by atoms with Gasteiger partial charge in [-0.2, -0.15) is 4.98 Å². The molecule has 3 aromatic rings. The van der Waals surface area contributed by atoms with Crippen LogP contribution in [-0.4, -0.2) is 14.9 Å². The summed E-state index contributed by atoms with van der Waals surface area (Å²) in [5.74, 6) is 0.335. The highest BCUT2D eigenvalue weighted by Gasteiger charge is 2.15. The lowest BCUT2D eigenvalue weighted by molar-refractivity contribution is -0.384. The van der Waals surface area contributed by atoms with Crippen molar-refractivity contribution in [2.75, 3.05) is 0 Å². The lowest BCUT2D eigenvalue weighted by atomic mass is 10.3. The quantitative estimate of drug-likeness (QED) is 0.392. The maximum Gasteiger partial charge on any atom is 0.273 e. The first-order valence-electron chi connectivity index (χ1n) is 5.57. The number of ether oxygens (including phenoxy) is 1. The molecule has 0 radical (unpaired) electrons. The molecule has 6 nitrogen and oxygen atoms in total. The third-order valence-corrected chi connectivity index (χ3v) is 3.88. The number of hydrogen-bond acceptors (Lipinski definition) is 6. The summed E-state index contributed by atoms with van der Waals surface area (Å²) in [5.41, 5.74) is -0.129. The fourth-order valence-corrected chi connectivity index (χ4v) is 2.79. The fourth-order valence-electron chi connectivity index (χ4n) is 1.67. The maximum atomic E-state index is 10.8. The Morgan fingerprint density at radius 2 is 2.05 bits per heavy atom. The third-order valence-electron chi connectivity index (χ3n) is 2.60. The van der Waals surface area contributed by atoms with Crippen molar-refractivity contribution in [1.82, 2.24) is 9.97 Å². The molecule has 1 aromatic carbocycles. The highest BCUT2D eigenvalue weighted by molar-refractivity contribution is 7.16. The average molecular weight is 342 g/mol. The van der Waals surface area contributed by atoms with Gasteiger partial charge in [-0.15, -0.1) is 11.3 Å². The molecule has 0 aliphatic heterocycles. The molecule has 0 spiro atoms. The molecule has 0 saturated carbocycles. The number of nitro benzene ring substituents is 1. The largest absolute Gasteiger partial charge is 0.436 e. The number of fused-ring (bicyclic) bond motifs is 1. The van der Waals surface area contributed by atoms with Gasteiger partial charge in [0.15, 0.2) is 5.75 Å². The Hall–Kier alpha value is -1.96. The van der Waals surface area contributed by atoms with Crippen LogP contribution in [0.1, 0.15) is 0 Å². The molecule has 0 N–H and O–H groups in total. The molecule has 0 amide bonds. The zero-order valence-corrected chi connectivity index (χ0v) is 12.4. The number of nitrogens with zero attached hydrogens (tertiary/aromatic N) is 3. The van der Waals surface area contributed by atoms with Gasteiger partial charge in [0.25, 0.3) is 5.69 Å². The summed E-state index contributed by atoms with van der Waals surface area (Å²) in [6.45, 7) is 0. The maximum absolute atomic E-state index is 10.8. The van der Waals surface area contributed by atoms with Gasteiger partial charge in [-0.1, -0.05) is 11.6 Å². The van der Waals surface area contributed by atoms with E-state index in [1.54, 1.807) is 6.07 Å². The molecule has 3 rings (SSSR count). The predicted molar refractivity (Wildman–Crippen MR) is 80.6 cm³/mol. The number of thiophene rings is 1. The molecule has 21 heavy (non-hydrogen) atoms. The zero-order chi connectivity index (χ0) is 15.0. The third kappa shape index (κ3) is 2.76. The average Bonchev–Trinajstić information content (AvgIpc) is 2.89. The van der Waals surface area contributed by atoms with E-state index in [9.17, 15) is 10.1 Å². The van der Waals surface area contributed by atoms with Gasteiger partial charge in [0.2, 0.25) is 11.2 Å². The monoisotopic (exact) mass is 341 g/mol. The minimum Gasteiger partial charge on any atom is -0.436 e. The van der Waals surface area contributed by atoms with E-state index in [4.69, 9.17) is 27.9 Å². The molecule has 106 valence electrons. The molecule has 2 aromatic heterocycles. The minimum atomic E-state index is -0.531. The van der Waals surface area contributed by atoms with Crippen molar-refractivity contribution in [3.05, 3.63) is 50.1 Å². The first-order chi connectivity index (χ1) is 10.0. The smallest absolute Gasteiger partial charge is 0.273 e. The molecule has 0 unspecified atom stereocenters. The van der Waals surface area contributed by atoms with Crippen LogP contribution < -0.4 is 4.74 Å². The summed E-state index contributed by atoms with van der Waals surface area (Å²) >= 11 is 13.2. The molecule has 2 heterocycles. The van der Waals surface area contributed by atoms with E-state index in [-0.39, 0.29) is 27.6 Å². The summed E-state index contributed by atoms with van der Waals surface area (Å²) in [6.07, 6.45) is 0. The summed E-state index contributed by atoms with van der Waals surface area (Å²) in [4.78, 5) is 19.0. The van der Waals surface area contributed by atoms with Crippen molar-refractivity contribution in [2.24, 2.45) is 0 Å². The van der Waals surface area contributed by atoms with Gasteiger partial charge in [-0.25, -0.2) is 4.98 Å². The van der Waals surface area contributed by atoms with Crippen LogP contribution in [-0.2, 0) is 0 Å². The second-order valence-electron chi connectivity index (χ2n) is 3.91. The van der Waals surface area contributed by atoms with E-state index < -0.39 is 4.92 Å². The Bertz CT molecular complexity index is 853. The summed E-state index contributed by atoms with van der Waals surface area (Å²) < 4.78 is 5.59. The van der Waals surface area contributed by atoms with Crippen LogP contribution in [0.2, 0.25) is 10.3 Å². The van der Waals surface area contributed by atoms with Crippen LogP contribution in [0.3, 0.4) is 0 Å². The second-order valence-corrected chi connectivity index (χ2v) is 5.55. The van der Waals surface area contributed by atoms with Crippen LogP contribution in [0.5, 0.6) is 11.6 Å². The van der Waals surface area contributed by atoms with Gasteiger partial charge in [-0.3, -0.25) is 10.1 Å². The molecule has 0 fully saturated rings. The van der Waals surface area contributed by atoms with Crippen LogP contribution >= 0.6 is 34.5 Å². The normalized spacial score (nSPS) is 10.8. The van der Waals surface area contributed by atoms with E-state index in [1.807, 2.05) is 5.38 Å². The number of benzene rings is 1. The van der Waals surface area contributed by atoms with Crippen LogP contribution in [0.25, 0.3) is 10.2 Å². The van der Waals surface area contributed by atoms with Gasteiger partial charge in [-0.05, 0) is 29.1 Å². The minimum absolute atomic E-state index is 0.0292.